The fraction of sp³-hybridized carbons (Fsp3) is 0.308. The summed E-state index contributed by atoms with van der Waals surface area (Å²) in [4.78, 5) is 37.0. The number of rotatable bonds is 2. The molecule has 1 fully saturated rings. The minimum atomic E-state index is -1.32. The number of methoxy groups -OCH3 is 1. The van der Waals surface area contributed by atoms with Gasteiger partial charge in [-0.25, -0.2) is 9.69 Å². The summed E-state index contributed by atoms with van der Waals surface area (Å²) in [5.41, 5.74) is -1.04. The second-order valence-electron chi connectivity index (χ2n) is 4.84. The number of imide groups is 2. The first-order valence-corrected chi connectivity index (χ1v) is 6.62. The van der Waals surface area contributed by atoms with E-state index in [4.69, 9.17) is 4.74 Å². The predicted molar refractivity (Wildman–Crippen MR) is 75.5 cm³/mol. The van der Waals surface area contributed by atoms with Gasteiger partial charge in [0.05, 0.1) is 12.8 Å². The van der Waals surface area contributed by atoms with E-state index in [1.54, 1.807) is 18.2 Å². The third kappa shape index (κ3) is 2.18. The first-order chi connectivity index (χ1) is 9.28. The lowest BCUT2D eigenvalue weighted by Crippen LogP contribution is -2.62. The highest BCUT2D eigenvalue weighted by Gasteiger charge is 2.48. The Hall–Kier alpha value is -1.89. The van der Waals surface area contributed by atoms with E-state index >= 15 is 0 Å². The lowest BCUT2D eigenvalue weighted by atomic mass is 9.88. The van der Waals surface area contributed by atoms with E-state index in [0.29, 0.717) is 10.2 Å². The lowest BCUT2D eigenvalue weighted by molar-refractivity contribution is -0.140. The highest BCUT2D eigenvalue weighted by Crippen LogP contribution is 2.35. The Bertz CT molecular complexity index is 612. The highest BCUT2D eigenvalue weighted by atomic mass is 79.9. The van der Waals surface area contributed by atoms with Gasteiger partial charge in [0.15, 0.2) is 0 Å². The van der Waals surface area contributed by atoms with E-state index in [2.05, 4.69) is 21.2 Å². The zero-order chi connectivity index (χ0) is 15.1. The minimum absolute atomic E-state index is 0.282. The van der Waals surface area contributed by atoms with Gasteiger partial charge in [-0.05, 0) is 32.0 Å². The average molecular weight is 341 g/mol. The number of halogens is 1. The van der Waals surface area contributed by atoms with Crippen molar-refractivity contribution in [3.8, 4) is 5.75 Å². The molecule has 6 nitrogen and oxygen atoms in total. The number of amides is 4. The summed E-state index contributed by atoms with van der Waals surface area (Å²) >= 11 is 3.28. The molecule has 4 amide bonds. The summed E-state index contributed by atoms with van der Waals surface area (Å²) < 4.78 is 5.85. The molecule has 1 aromatic rings. The largest absolute Gasteiger partial charge is 0.495 e. The van der Waals surface area contributed by atoms with Crippen molar-refractivity contribution in [1.29, 1.82) is 0 Å². The molecule has 0 spiro atoms. The maximum atomic E-state index is 12.4. The topological polar surface area (TPSA) is 75.7 Å². The van der Waals surface area contributed by atoms with Crippen LogP contribution in [0.4, 0.5) is 10.5 Å². The van der Waals surface area contributed by atoms with E-state index in [1.165, 1.54) is 21.0 Å². The number of anilines is 1. The van der Waals surface area contributed by atoms with Gasteiger partial charge in [-0.2, -0.15) is 0 Å². The Morgan fingerprint density at radius 3 is 2.50 bits per heavy atom. The predicted octanol–water partition coefficient (Wildman–Crippen LogP) is 2.07. The van der Waals surface area contributed by atoms with Crippen molar-refractivity contribution in [2.24, 2.45) is 5.41 Å². The number of carbonyl (C=O) groups excluding carboxylic acids is 3. The molecule has 2 rings (SSSR count). The molecule has 1 aliphatic rings. The Kier molecular flexibility index (Phi) is 3.56. The van der Waals surface area contributed by atoms with Gasteiger partial charge in [0.2, 0.25) is 11.8 Å². The molecule has 0 aliphatic carbocycles. The molecule has 1 aliphatic heterocycles. The van der Waals surface area contributed by atoms with Gasteiger partial charge in [-0.3, -0.25) is 14.9 Å². The minimum Gasteiger partial charge on any atom is -0.495 e. The van der Waals surface area contributed by atoms with Crippen LogP contribution in [0.1, 0.15) is 13.8 Å². The number of nitrogens with zero attached hydrogens (tertiary/aromatic N) is 1. The van der Waals surface area contributed by atoms with Crippen molar-refractivity contribution in [3.05, 3.63) is 22.7 Å². The summed E-state index contributed by atoms with van der Waals surface area (Å²) in [6.07, 6.45) is 0. The number of barbiturate groups is 1. The first-order valence-electron chi connectivity index (χ1n) is 5.82. The van der Waals surface area contributed by atoms with Crippen molar-refractivity contribution in [1.82, 2.24) is 5.32 Å². The quantitative estimate of drug-likeness (QED) is 0.836. The van der Waals surface area contributed by atoms with Crippen LogP contribution in [0.25, 0.3) is 0 Å². The molecule has 106 valence electrons. The van der Waals surface area contributed by atoms with Crippen LogP contribution in [-0.4, -0.2) is 25.0 Å². The Morgan fingerprint density at radius 2 is 1.90 bits per heavy atom. The van der Waals surface area contributed by atoms with Gasteiger partial charge >= 0.3 is 6.03 Å². The average Bonchev–Trinajstić information content (AvgIpc) is 2.37. The zero-order valence-corrected chi connectivity index (χ0v) is 12.8. The van der Waals surface area contributed by atoms with Crippen LogP contribution in [0, 0.1) is 5.41 Å². The Labute approximate surface area is 124 Å². The van der Waals surface area contributed by atoms with E-state index in [0.717, 1.165) is 4.90 Å². The third-order valence-electron chi connectivity index (χ3n) is 3.11. The standard InChI is InChI=1S/C13H13BrN2O4/c1-13(2)10(17)15-12(19)16(11(13)18)8-6-7(14)4-5-9(8)20-3/h4-6H,1-3H3,(H,15,17,19). The summed E-state index contributed by atoms with van der Waals surface area (Å²) in [5.74, 6) is -0.845. The maximum absolute atomic E-state index is 12.4. The van der Waals surface area contributed by atoms with Crippen LogP contribution in [0.3, 0.4) is 0 Å². The molecule has 7 heteroatoms. The third-order valence-corrected chi connectivity index (χ3v) is 3.60. The molecule has 0 unspecified atom stereocenters. The molecule has 0 bridgehead atoms. The van der Waals surface area contributed by atoms with E-state index in [1.807, 2.05) is 0 Å². The fourth-order valence-electron chi connectivity index (χ4n) is 1.83. The number of ether oxygens (including phenoxy) is 1. The molecule has 0 radical (unpaired) electrons. The van der Waals surface area contributed by atoms with Crippen LogP contribution >= 0.6 is 15.9 Å². The van der Waals surface area contributed by atoms with Crippen LogP contribution < -0.4 is 15.0 Å². The van der Waals surface area contributed by atoms with Crippen molar-refractivity contribution in [2.75, 3.05) is 12.0 Å². The molecule has 20 heavy (non-hydrogen) atoms. The van der Waals surface area contributed by atoms with Crippen molar-refractivity contribution >= 4 is 39.5 Å². The van der Waals surface area contributed by atoms with Crippen molar-refractivity contribution in [3.63, 3.8) is 0 Å². The molecule has 0 aromatic heterocycles. The smallest absolute Gasteiger partial charge is 0.335 e. The molecular formula is C13H13BrN2O4. The van der Waals surface area contributed by atoms with Crippen LogP contribution in [-0.2, 0) is 9.59 Å². The molecule has 1 N–H and O–H groups in total. The molecule has 1 heterocycles. The van der Waals surface area contributed by atoms with Gasteiger partial charge in [-0.15, -0.1) is 0 Å². The molecular weight excluding hydrogens is 328 g/mol. The Balaban J connectivity index is 2.56. The maximum Gasteiger partial charge on any atom is 0.335 e. The van der Waals surface area contributed by atoms with Crippen molar-refractivity contribution in [2.45, 2.75) is 13.8 Å². The number of nitrogens with one attached hydrogen (secondary N) is 1. The van der Waals surface area contributed by atoms with Crippen molar-refractivity contribution < 1.29 is 19.1 Å². The van der Waals surface area contributed by atoms with E-state index in [9.17, 15) is 14.4 Å². The number of hydrogen-bond donors (Lipinski definition) is 1. The van der Waals surface area contributed by atoms with Gasteiger partial charge in [0.1, 0.15) is 11.2 Å². The normalized spacial score (nSPS) is 18.0. The zero-order valence-electron chi connectivity index (χ0n) is 11.2. The van der Waals surface area contributed by atoms with Gasteiger partial charge in [0, 0.05) is 4.47 Å². The van der Waals surface area contributed by atoms with E-state index in [-0.39, 0.29) is 5.69 Å². The second kappa shape index (κ2) is 4.90. The van der Waals surface area contributed by atoms with Crippen LogP contribution in [0.2, 0.25) is 0 Å². The van der Waals surface area contributed by atoms with Gasteiger partial charge in [-0.1, -0.05) is 15.9 Å². The fourth-order valence-corrected chi connectivity index (χ4v) is 2.18. The summed E-state index contributed by atoms with van der Waals surface area (Å²) in [6.45, 7) is 2.93. The molecule has 1 saturated heterocycles. The highest BCUT2D eigenvalue weighted by molar-refractivity contribution is 9.10. The number of carbonyl (C=O) groups is 3. The number of benzene rings is 1. The van der Waals surface area contributed by atoms with Crippen LogP contribution in [0.15, 0.2) is 22.7 Å². The SMILES string of the molecule is COc1ccc(Br)cc1N1C(=O)NC(=O)C(C)(C)C1=O. The van der Waals surface area contributed by atoms with Gasteiger partial charge in [0.25, 0.3) is 0 Å². The lowest BCUT2D eigenvalue weighted by Gasteiger charge is -2.35. The molecule has 0 saturated carbocycles. The van der Waals surface area contributed by atoms with E-state index < -0.39 is 23.3 Å². The summed E-state index contributed by atoms with van der Waals surface area (Å²) in [6, 6.07) is 4.16. The first kappa shape index (κ1) is 14.5. The number of hydrogen-bond acceptors (Lipinski definition) is 4. The second-order valence-corrected chi connectivity index (χ2v) is 5.76. The molecule has 1 aromatic carbocycles. The Morgan fingerprint density at radius 1 is 1.25 bits per heavy atom. The van der Waals surface area contributed by atoms with Crippen LogP contribution in [0.5, 0.6) is 5.75 Å². The summed E-state index contributed by atoms with van der Waals surface area (Å²) in [7, 11) is 1.44. The number of urea groups is 1. The molecule has 0 atom stereocenters. The monoisotopic (exact) mass is 340 g/mol. The van der Waals surface area contributed by atoms with Gasteiger partial charge < -0.3 is 4.74 Å². The summed E-state index contributed by atoms with van der Waals surface area (Å²) in [5, 5.41) is 2.18.